The van der Waals surface area contributed by atoms with Gasteiger partial charge in [0.2, 0.25) is 0 Å². The molecule has 0 rings (SSSR count). The summed E-state index contributed by atoms with van der Waals surface area (Å²) in [5.74, 6) is 0. The highest BCUT2D eigenvalue weighted by Crippen LogP contribution is 2.17. The Morgan fingerprint density at radius 2 is 2.00 bits per heavy atom. The monoisotopic (exact) mass is 204 g/mol. The van der Waals surface area contributed by atoms with Crippen LogP contribution in [0.2, 0.25) is 0 Å². The molecule has 0 saturated carbocycles. The van der Waals surface area contributed by atoms with Crippen LogP contribution in [-0.2, 0) is 4.74 Å². The summed E-state index contributed by atoms with van der Waals surface area (Å²) in [7, 11) is 1.94. The Bertz CT molecular complexity index is 160. The zero-order chi connectivity index (χ0) is 11.4. The molecule has 0 saturated heterocycles. The molecule has 0 aromatic heterocycles. The molecule has 0 fully saturated rings. The molecule has 0 aliphatic rings. The molecule has 0 spiro atoms. The van der Waals surface area contributed by atoms with Gasteiger partial charge in [-0.25, -0.2) is 0 Å². The Balaban J connectivity index is 4.27. The molecular formula is C10H24N2O2. The lowest BCUT2D eigenvalue weighted by molar-refractivity contribution is -0.0507. The lowest BCUT2D eigenvalue weighted by Crippen LogP contribution is -2.57. The van der Waals surface area contributed by atoms with E-state index in [9.17, 15) is 5.11 Å². The third kappa shape index (κ3) is 3.92. The van der Waals surface area contributed by atoms with Gasteiger partial charge in [0.05, 0.1) is 11.6 Å². The Morgan fingerprint density at radius 3 is 2.36 bits per heavy atom. The molecular weight excluding hydrogens is 180 g/mol. The minimum Gasteiger partial charge on any atom is -0.392 e. The number of likely N-dealkylation sites (N-methyl/N-ethyl adjacent to an activating group) is 1. The molecule has 0 aliphatic heterocycles. The summed E-state index contributed by atoms with van der Waals surface area (Å²) in [6, 6.07) is 0. The minimum absolute atomic E-state index is 0.271. The van der Waals surface area contributed by atoms with Gasteiger partial charge in [-0.15, -0.1) is 0 Å². The van der Waals surface area contributed by atoms with Crippen molar-refractivity contribution >= 4 is 0 Å². The maximum Gasteiger partial charge on any atom is 0.123 e. The topological polar surface area (TPSA) is 58.7 Å². The first kappa shape index (κ1) is 13.8. The van der Waals surface area contributed by atoms with Gasteiger partial charge < -0.3 is 15.6 Å². The number of rotatable bonds is 6. The quantitative estimate of drug-likeness (QED) is 0.615. The largest absolute Gasteiger partial charge is 0.392 e. The van der Waals surface area contributed by atoms with E-state index >= 15 is 0 Å². The van der Waals surface area contributed by atoms with Gasteiger partial charge in [-0.1, -0.05) is 0 Å². The molecule has 3 N–H and O–H groups in total. The molecule has 2 unspecified atom stereocenters. The number of hydrogen-bond donors (Lipinski definition) is 2. The number of nitrogens with zero attached hydrogens (tertiary/aromatic N) is 1. The SMILES string of the molecule is CCOC(N)C(C)(C)N(C)CC(C)O. The van der Waals surface area contributed by atoms with Crippen molar-refractivity contribution in [2.45, 2.75) is 45.6 Å². The molecule has 0 heterocycles. The van der Waals surface area contributed by atoms with E-state index in [2.05, 4.69) is 0 Å². The molecule has 0 radical (unpaired) electrons. The van der Waals surface area contributed by atoms with E-state index in [4.69, 9.17) is 10.5 Å². The van der Waals surface area contributed by atoms with Crippen molar-refractivity contribution in [3.05, 3.63) is 0 Å². The van der Waals surface area contributed by atoms with Crippen molar-refractivity contribution in [3.8, 4) is 0 Å². The Labute approximate surface area is 87.0 Å². The predicted octanol–water partition coefficient (Wildman–Crippen LogP) is 0.399. The summed E-state index contributed by atoms with van der Waals surface area (Å²) < 4.78 is 5.36. The van der Waals surface area contributed by atoms with E-state index in [1.165, 1.54) is 0 Å². The maximum absolute atomic E-state index is 9.27. The van der Waals surface area contributed by atoms with Gasteiger partial charge in [0.1, 0.15) is 6.23 Å². The average molecular weight is 204 g/mol. The molecule has 2 atom stereocenters. The predicted molar refractivity (Wildman–Crippen MR) is 58.0 cm³/mol. The van der Waals surface area contributed by atoms with E-state index in [0.29, 0.717) is 13.2 Å². The van der Waals surface area contributed by atoms with E-state index in [1.807, 2.05) is 32.7 Å². The fraction of sp³-hybridized carbons (Fsp3) is 1.00. The molecule has 0 aromatic carbocycles. The zero-order valence-corrected chi connectivity index (χ0v) is 9.95. The number of ether oxygens (including phenoxy) is 1. The maximum atomic E-state index is 9.27. The molecule has 0 bridgehead atoms. The second-order valence-corrected chi connectivity index (χ2v) is 4.26. The molecule has 0 amide bonds. The molecule has 0 aromatic rings. The highest BCUT2D eigenvalue weighted by Gasteiger charge is 2.31. The summed E-state index contributed by atoms with van der Waals surface area (Å²) >= 11 is 0. The number of aliphatic hydroxyl groups is 1. The van der Waals surface area contributed by atoms with Crippen LogP contribution in [-0.4, -0.2) is 48.1 Å². The Morgan fingerprint density at radius 1 is 1.50 bits per heavy atom. The fourth-order valence-corrected chi connectivity index (χ4v) is 1.23. The lowest BCUT2D eigenvalue weighted by atomic mass is 10.0. The number of β-amino-alcohol motifs (C(OH)–C–C–N with tert-alkyl or cyclic N) is 1. The molecule has 86 valence electrons. The first-order valence-electron chi connectivity index (χ1n) is 5.08. The van der Waals surface area contributed by atoms with E-state index in [0.717, 1.165) is 0 Å². The van der Waals surface area contributed by atoms with Gasteiger partial charge in [-0.2, -0.15) is 0 Å². The van der Waals surface area contributed by atoms with Crippen molar-refractivity contribution in [3.63, 3.8) is 0 Å². The van der Waals surface area contributed by atoms with Gasteiger partial charge in [-0.05, 0) is 34.7 Å². The van der Waals surface area contributed by atoms with Gasteiger partial charge in [0.25, 0.3) is 0 Å². The van der Waals surface area contributed by atoms with E-state index < -0.39 is 0 Å². The smallest absolute Gasteiger partial charge is 0.123 e. The van der Waals surface area contributed by atoms with Gasteiger partial charge in [0, 0.05) is 13.2 Å². The highest BCUT2D eigenvalue weighted by molar-refractivity contribution is 4.85. The van der Waals surface area contributed by atoms with E-state index in [-0.39, 0.29) is 17.9 Å². The van der Waals surface area contributed by atoms with Crippen LogP contribution in [0.5, 0.6) is 0 Å². The molecule has 0 aliphatic carbocycles. The minimum atomic E-state index is -0.354. The second kappa shape index (κ2) is 5.66. The number of aliphatic hydroxyl groups excluding tert-OH is 1. The van der Waals surface area contributed by atoms with Crippen molar-refractivity contribution in [1.29, 1.82) is 0 Å². The van der Waals surface area contributed by atoms with Crippen LogP contribution in [0, 0.1) is 0 Å². The van der Waals surface area contributed by atoms with E-state index in [1.54, 1.807) is 6.92 Å². The second-order valence-electron chi connectivity index (χ2n) is 4.26. The van der Waals surface area contributed by atoms with Crippen LogP contribution < -0.4 is 5.73 Å². The molecule has 14 heavy (non-hydrogen) atoms. The van der Waals surface area contributed by atoms with Gasteiger partial charge in [0.15, 0.2) is 0 Å². The Kier molecular flexibility index (Phi) is 5.59. The number of nitrogens with two attached hydrogens (primary N) is 1. The average Bonchev–Trinajstić information content (AvgIpc) is 2.03. The van der Waals surface area contributed by atoms with Crippen LogP contribution in [0.3, 0.4) is 0 Å². The van der Waals surface area contributed by atoms with Crippen LogP contribution in [0.15, 0.2) is 0 Å². The standard InChI is InChI=1S/C10H24N2O2/c1-6-14-9(11)10(3,4)12(5)7-8(2)13/h8-9,13H,6-7,11H2,1-5H3. The third-order valence-corrected chi connectivity index (χ3v) is 2.56. The van der Waals surface area contributed by atoms with Crippen LogP contribution in [0.25, 0.3) is 0 Å². The molecule has 4 heteroatoms. The molecule has 4 nitrogen and oxygen atoms in total. The lowest BCUT2D eigenvalue weighted by Gasteiger charge is -2.40. The van der Waals surface area contributed by atoms with Crippen molar-refractivity contribution < 1.29 is 9.84 Å². The summed E-state index contributed by atoms with van der Waals surface area (Å²) in [4.78, 5) is 2.01. The van der Waals surface area contributed by atoms with Crippen molar-refractivity contribution in [1.82, 2.24) is 4.90 Å². The van der Waals surface area contributed by atoms with Crippen LogP contribution in [0.1, 0.15) is 27.7 Å². The summed E-state index contributed by atoms with van der Waals surface area (Å²) in [6.45, 7) is 8.90. The summed E-state index contributed by atoms with van der Waals surface area (Å²) in [5, 5.41) is 9.27. The Hall–Kier alpha value is -0.160. The van der Waals surface area contributed by atoms with Crippen LogP contribution >= 0.6 is 0 Å². The first-order chi connectivity index (χ1) is 6.32. The zero-order valence-electron chi connectivity index (χ0n) is 9.95. The van der Waals surface area contributed by atoms with Crippen LogP contribution in [0.4, 0.5) is 0 Å². The van der Waals surface area contributed by atoms with Crippen molar-refractivity contribution in [2.24, 2.45) is 5.73 Å². The summed E-state index contributed by atoms with van der Waals surface area (Å²) in [6.07, 6.45) is -0.690. The van der Waals surface area contributed by atoms with Gasteiger partial charge >= 0.3 is 0 Å². The highest BCUT2D eigenvalue weighted by atomic mass is 16.5. The third-order valence-electron chi connectivity index (χ3n) is 2.56. The number of hydrogen-bond acceptors (Lipinski definition) is 4. The first-order valence-corrected chi connectivity index (χ1v) is 5.08. The summed E-state index contributed by atoms with van der Waals surface area (Å²) in [5.41, 5.74) is 5.62. The fourth-order valence-electron chi connectivity index (χ4n) is 1.23. The van der Waals surface area contributed by atoms with Crippen molar-refractivity contribution in [2.75, 3.05) is 20.2 Å². The normalized spacial score (nSPS) is 17.1. The van der Waals surface area contributed by atoms with Gasteiger partial charge in [-0.3, -0.25) is 4.90 Å².